The number of ether oxygens (including phenoxy) is 1. The second-order valence-corrected chi connectivity index (χ2v) is 5.45. The van der Waals surface area contributed by atoms with E-state index in [1.54, 1.807) is 0 Å². The second kappa shape index (κ2) is 8.48. The van der Waals surface area contributed by atoms with Crippen LogP contribution >= 0.6 is 0 Å². The van der Waals surface area contributed by atoms with Gasteiger partial charge >= 0.3 is 0 Å². The third-order valence-corrected chi connectivity index (χ3v) is 3.85. The molecular formula is C19H25NO. The molecule has 2 N–H and O–H groups in total. The first-order valence-electron chi connectivity index (χ1n) is 7.74. The van der Waals surface area contributed by atoms with Crippen LogP contribution in [-0.4, -0.2) is 13.2 Å². The monoisotopic (exact) mass is 283 g/mol. The molecule has 2 aromatic carbocycles. The summed E-state index contributed by atoms with van der Waals surface area (Å²) in [7, 11) is 0. The van der Waals surface area contributed by atoms with Crippen molar-refractivity contribution >= 4 is 0 Å². The third kappa shape index (κ3) is 4.91. The van der Waals surface area contributed by atoms with Gasteiger partial charge in [0.15, 0.2) is 0 Å². The maximum atomic E-state index is 5.90. The van der Waals surface area contributed by atoms with E-state index in [2.05, 4.69) is 37.3 Å². The molecule has 2 heteroatoms. The van der Waals surface area contributed by atoms with Crippen molar-refractivity contribution in [3.05, 3.63) is 65.7 Å². The van der Waals surface area contributed by atoms with Gasteiger partial charge in [-0.2, -0.15) is 0 Å². The Hall–Kier alpha value is -1.80. The molecule has 2 aromatic rings. The van der Waals surface area contributed by atoms with Gasteiger partial charge in [0.25, 0.3) is 0 Å². The molecule has 0 radical (unpaired) electrons. The van der Waals surface area contributed by atoms with Crippen molar-refractivity contribution in [2.24, 2.45) is 5.73 Å². The molecule has 0 saturated carbocycles. The second-order valence-electron chi connectivity index (χ2n) is 5.45. The minimum Gasteiger partial charge on any atom is -0.493 e. The molecule has 2 nitrogen and oxygen atoms in total. The highest BCUT2D eigenvalue weighted by Gasteiger charge is 2.08. The molecule has 0 aliphatic heterocycles. The zero-order valence-electron chi connectivity index (χ0n) is 12.8. The predicted octanol–water partition coefficient (Wildman–Crippen LogP) is 4.29. The van der Waals surface area contributed by atoms with E-state index >= 15 is 0 Å². The summed E-state index contributed by atoms with van der Waals surface area (Å²) < 4.78 is 5.83. The Bertz CT molecular complexity index is 524. The van der Waals surface area contributed by atoms with E-state index in [0.717, 1.165) is 31.6 Å². The summed E-state index contributed by atoms with van der Waals surface area (Å²) in [6.07, 6.45) is 3.33. The molecule has 0 heterocycles. The van der Waals surface area contributed by atoms with Gasteiger partial charge in [-0.15, -0.1) is 0 Å². The summed E-state index contributed by atoms with van der Waals surface area (Å²) in [5, 5.41) is 0. The van der Waals surface area contributed by atoms with Gasteiger partial charge in [-0.25, -0.2) is 0 Å². The molecule has 0 amide bonds. The molecule has 0 aliphatic carbocycles. The Kier molecular flexibility index (Phi) is 6.29. The van der Waals surface area contributed by atoms with Crippen LogP contribution in [0, 0.1) is 6.92 Å². The molecule has 0 fully saturated rings. The van der Waals surface area contributed by atoms with Crippen LogP contribution in [0.2, 0.25) is 0 Å². The summed E-state index contributed by atoms with van der Waals surface area (Å²) in [6.45, 7) is 3.56. The van der Waals surface area contributed by atoms with Crippen LogP contribution in [0.4, 0.5) is 0 Å². The van der Waals surface area contributed by atoms with Crippen molar-refractivity contribution < 1.29 is 4.74 Å². The Labute approximate surface area is 127 Å². The van der Waals surface area contributed by atoms with Crippen LogP contribution in [0.3, 0.4) is 0 Å². The largest absolute Gasteiger partial charge is 0.493 e. The molecule has 1 unspecified atom stereocenters. The van der Waals surface area contributed by atoms with E-state index in [1.807, 2.05) is 24.3 Å². The molecule has 0 aromatic heterocycles. The highest BCUT2D eigenvalue weighted by molar-refractivity contribution is 5.31. The summed E-state index contributed by atoms with van der Waals surface area (Å²) in [4.78, 5) is 0. The molecule has 2 rings (SSSR count). The van der Waals surface area contributed by atoms with Gasteiger partial charge < -0.3 is 10.5 Å². The van der Waals surface area contributed by atoms with E-state index in [4.69, 9.17) is 10.5 Å². The number of hydrogen-bond donors (Lipinski definition) is 1. The number of para-hydroxylation sites is 1. The first kappa shape index (κ1) is 15.6. The Balaban J connectivity index is 1.71. The van der Waals surface area contributed by atoms with Crippen LogP contribution < -0.4 is 10.5 Å². The predicted molar refractivity (Wildman–Crippen MR) is 88.8 cm³/mol. The van der Waals surface area contributed by atoms with Crippen LogP contribution in [0.25, 0.3) is 0 Å². The molecule has 21 heavy (non-hydrogen) atoms. The standard InChI is InChI=1S/C19H25NO/c1-16-9-5-6-13-19(16)21-14-8-7-12-18(15-20)17-10-3-2-4-11-17/h2-6,9-11,13,18H,7-8,12,14-15,20H2,1H3. The fourth-order valence-corrected chi connectivity index (χ4v) is 2.54. The lowest BCUT2D eigenvalue weighted by Crippen LogP contribution is -2.12. The van der Waals surface area contributed by atoms with E-state index in [9.17, 15) is 0 Å². The fraction of sp³-hybridized carbons (Fsp3) is 0.368. The number of nitrogens with two attached hydrogens (primary N) is 1. The zero-order chi connectivity index (χ0) is 14.9. The first-order chi connectivity index (χ1) is 10.3. The van der Waals surface area contributed by atoms with Crippen LogP contribution in [0.15, 0.2) is 54.6 Å². The van der Waals surface area contributed by atoms with Gasteiger partial charge in [0.05, 0.1) is 6.61 Å². The van der Waals surface area contributed by atoms with Crippen LogP contribution in [0.1, 0.15) is 36.3 Å². The summed E-state index contributed by atoms with van der Waals surface area (Å²) in [5.41, 5.74) is 8.44. The van der Waals surface area contributed by atoms with Gasteiger partial charge in [0.2, 0.25) is 0 Å². The minimum atomic E-state index is 0.463. The van der Waals surface area contributed by atoms with Gasteiger partial charge in [-0.1, -0.05) is 48.5 Å². The summed E-state index contributed by atoms with van der Waals surface area (Å²) in [6, 6.07) is 18.7. The molecule has 0 spiro atoms. The Morgan fingerprint density at radius 3 is 2.38 bits per heavy atom. The number of hydrogen-bond acceptors (Lipinski definition) is 2. The van der Waals surface area contributed by atoms with Crippen LogP contribution in [0.5, 0.6) is 5.75 Å². The van der Waals surface area contributed by atoms with Crippen molar-refractivity contribution in [1.29, 1.82) is 0 Å². The minimum absolute atomic E-state index is 0.463. The fourth-order valence-electron chi connectivity index (χ4n) is 2.54. The van der Waals surface area contributed by atoms with E-state index in [0.29, 0.717) is 12.5 Å². The normalized spacial score (nSPS) is 12.1. The van der Waals surface area contributed by atoms with Gasteiger partial charge in [0.1, 0.15) is 5.75 Å². The van der Waals surface area contributed by atoms with Gasteiger partial charge in [0, 0.05) is 0 Å². The lowest BCUT2D eigenvalue weighted by molar-refractivity contribution is 0.301. The number of aryl methyl sites for hydroxylation is 1. The summed E-state index contributed by atoms with van der Waals surface area (Å²) >= 11 is 0. The maximum Gasteiger partial charge on any atom is 0.122 e. The Morgan fingerprint density at radius 2 is 1.67 bits per heavy atom. The molecule has 112 valence electrons. The SMILES string of the molecule is Cc1ccccc1OCCCCC(CN)c1ccccc1. The van der Waals surface area contributed by atoms with E-state index in [-0.39, 0.29) is 0 Å². The van der Waals surface area contributed by atoms with Crippen LogP contribution in [-0.2, 0) is 0 Å². The first-order valence-corrected chi connectivity index (χ1v) is 7.74. The number of unbranched alkanes of at least 4 members (excludes halogenated alkanes) is 1. The van der Waals surface area contributed by atoms with Crippen molar-refractivity contribution in [2.75, 3.05) is 13.2 Å². The number of benzene rings is 2. The molecule has 0 aliphatic rings. The highest BCUT2D eigenvalue weighted by Crippen LogP contribution is 2.21. The molecule has 0 bridgehead atoms. The molecular weight excluding hydrogens is 258 g/mol. The maximum absolute atomic E-state index is 5.90. The summed E-state index contributed by atoms with van der Waals surface area (Å²) in [5.74, 6) is 1.46. The smallest absolute Gasteiger partial charge is 0.122 e. The average molecular weight is 283 g/mol. The lowest BCUT2D eigenvalue weighted by atomic mass is 9.94. The van der Waals surface area contributed by atoms with E-state index in [1.165, 1.54) is 11.1 Å². The Morgan fingerprint density at radius 1 is 0.952 bits per heavy atom. The third-order valence-electron chi connectivity index (χ3n) is 3.85. The van der Waals surface area contributed by atoms with Crippen molar-refractivity contribution in [2.45, 2.75) is 32.1 Å². The molecule has 1 atom stereocenters. The zero-order valence-corrected chi connectivity index (χ0v) is 12.8. The lowest BCUT2D eigenvalue weighted by Gasteiger charge is -2.15. The van der Waals surface area contributed by atoms with Crippen molar-refractivity contribution in [1.82, 2.24) is 0 Å². The highest BCUT2D eigenvalue weighted by atomic mass is 16.5. The van der Waals surface area contributed by atoms with Gasteiger partial charge in [-0.3, -0.25) is 0 Å². The topological polar surface area (TPSA) is 35.2 Å². The van der Waals surface area contributed by atoms with Gasteiger partial charge in [-0.05, 0) is 55.8 Å². The average Bonchev–Trinajstić information content (AvgIpc) is 2.53. The molecule has 0 saturated heterocycles. The quantitative estimate of drug-likeness (QED) is 0.734. The van der Waals surface area contributed by atoms with E-state index < -0.39 is 0 Å². The number of rotatable bonds is 8. The van der Waals surface area contributed by atoms with Crippen molar-refractivity contribution in [3.63, 3.8) is 0 Å². The van der Waals surface area contributed by atoms with Crippen molar-refractivity contribution in [3.8, 4) is 5.75 Å².